The van der Waals surface area contributed by atoms with Gasteiger partial charge in [0, 0.05) is 5.56 Å². The number of ether oxygens (including phenoxy) is 3. The Morgan fingerprint density at radius 1 is 1.22 bits per heavy atom. The van der Waals surface area contributed by atoms with Gasteiger partial charge in [0.25, 0.3) is 0 Å². The van der Waals surface area contributed by atoms with E-state index in [1.165, 1.54) is 18.4 Å². The molecule has 23 heavy (non-hydrogen) atoms. The molecule has 1 aromatic carbocycles. The van der Waals surface area contributed by atoms with Crippen LogP contribution in [0.25, 0.3) is 11.5 Å². The average Bonchev–Trinajstić information content (AvgIpc) is 3.05. The van der Waals surface area contributed by atoms with Crippen molar-refractivity contribution in [3.63, 3.8) is 0 Å². The number of halogens is 1. The van der Waals surface area contributed by atoms with Crippen molar-refractivity contribution in [2.24, 2.45) is 5.41 Å². The Morgan fingerprint density at radius 2 is 1.96 bits per heavy atom. The molecule has 0 amide bonds. The Morgan fingerprint density at radius 3 is 2.65 bits per heavy atom. The highest BCUT2D eigenvalue weighted by Gasteiger charge is 2.33. The lowest BCUT2D eigenvalue weighted by atomic mass is 9.92. The summed E-state index contributed by atoms with van der Waals surface area (Å²) >= 11 is 0. The molecule has 0 unspecified atom stereocenters. The maximum atomic E-state index is 12.9. The van der Waals surface area contributed by atoms with Crippen molar-refractivity contribution in [2.45, 2.75) is 6.61 Å². The van der Waals surface area contributed by atoms with Gasteiger partial charge in [0.15, 0.2) is 0 Å². The van der Waals surface area contributed by atoms with Crippen LogP contribution in [0.4, 0.5) is 4.39 Å². The van der Waals surface area contributed by atoms with E-state index >= 15 is 0 Å². The molecule has 3 rings (SSSR count). The zero-order valence-electron chi connectivity index (χ0n) is 12.5. The van der Waals surface area contributed by atoms with Crippen molar-refractivity contribution in [3.05, 3.63) is 42.0 Å². The van der Waals surface area contributed by atoms with E-state index in [0.717, 1.165) is 0 Å². The first-order chi connectivity index (χ1) is 11.2. The molecule has 1 aromatic heterocycles. The second-order valence-corrected chi connectivity index (χ2v) is 5.62. The van der Waals surface area contributed by atoms with Gasteiger partial charge in [-0.2, -0.15) is 0 Å². The van der Waals surface area contributed by atoms with Crippen molar-refractivity contribution in [2.75, 3.05) is 33.2 Å². The van der Waals surface area contributed by atoms with Crippen molar-refractivity contribution in [3.8, 4) is 11.5 Å². The Balaban J connectivity index is 1.56. The number of aliphatic hydroxyl groups is 1. The van der Waals surface area contributed by atoms with E-state index < -0.39 is 5.41 Å². The fraction of sp³-hybridized carbons (Fsp3) is 0.438. The monoisotopic (exact) mass is 323 g/mol. The molecule has 2 aromatic rings. The Hall–Kier alpha value is -1.80. The highest BCUT2D eigenvalue weighted by molar-refractivity contribution is 5.52. The number of hydrogen-bond donors (Lipinski definition) is 1. The van der Waals surface area contributed by atoms with Crippen LogP contribution in [0.15, 0.2) is 34.9 Å². The number of oxazole rings is 1. The first-order valence-corrected chi connectivity index (χ1v) is 7.25. The van der Waals surface area contributed by atoms with Gasteiger partial charge >= 0.3 is 0 Å². The van der Waals surface area contributed by atoms with Crippen LogP contribution in [0.1, 0.15) is 5.69 Å². The van der Waals surface area contributed by atoms with E-state index in [1.807, 2.05) is 0 Å². The molecule has 2 heterocycles. The van der Waals surface area contributed by atoms with Gasteiger partial charge in [-0.15, -0.1) is 0 Å². The van der Waals surface area contributed by atoms with Crippen molar-refractivity contribution >= 4 is 0 Å². The summed E-state index contributed by atoms with van der Waals surface area (Å²) in [6.45, 7) is 1.49. The van der Waals surface area contributed by atoms with Gasteiger partial charge in [-0.05, 0) is 24.3 Å². The van der Waals surface area contributed by atoms with Gasteiger partial charge in [0.05, 0.1) is 38.4 Å². The van der Waals surface area contributed by atoms with E-state index in [1.54, 1.807) is 12.1 Å². The third-order valence-electron chi connectivity index (χ3n) is 3.62. The zero-order chi connectivity index (χ0) is 16.1. The molecule has 7 heteroatoms. The quantitative estimate of drug-likeness (QED) is 0.876. The highest BCUT2D eigenvalue weighted by atomic mass is 19.1. The number of rotatable bonds is 6. The van der Waals surface area contributed by atoms with Crippen LogP contribution in [0.2, 0.25) is 0 Å². The van der Waals surface area contributed by atoms with Crippen molar-refractivity contribution in [1.82, 2.24) is 4.98 Å². The largest absolute Gasteiger partial charge is 0.444 e. The third kappa shape index (κ3) is 3.94. The van der Waals surface area contributed by atoms with E-state index in [0.29, 0.717) is 37.0 Å². The molecular formula is C16H18FNO5. The van der Waals surface area contributed by atoms with Gasteiger partial charge < -0.3 is 23.7 Å². The van der Waals surface area contributed by atoms with E-state index in [4.69, 9.17) is 18.6 Å². The molecule has 1 aliphatic rings. The fourth-order valence-electron chi connectivity index (χ4n) is 2.31. The highest BCUT2D eigenvalue weighted by Crippen LogP contribution is 2.23. The molecule has 1 fully saturated rings. The van der Waals surface area contributed by atoms with Crippen LogP contribution >= 0.6 is 0 Å². The average molecular weight is 323 g/mol. The van der Waals surface area contributed by atoms with Crippen LogP contribution in [0.3, 0.4) is 0 Å². The molecule has 0 saturated carbocycles. The number of hydrogen-bond acceptors (Lipinski definition) is 6. The topological polar surface area (TPSA) is 74.0 Å². The summed E-state index contributed by atoms with van der Waals surface area (Å²) in [6, 6.07) is 5.90. The van der Waals surface area contributed by atoms with Gasteiger partial charge in [-0.1, -0.05) is 0 Å². The Labute approximate surface area is 132 Å². The number of nitrogens with zero attached hydrogens (tertiary/aromatic N) is 1. The summed E-state index contributed by atoms with van der Waals surface area (Å²) in [4.78, 5) is 4.30. The smallest absolute Gasteiger partial charge is 0.226 e. The minimum Gasteiger partial charge on any atom is -0.444 e. The molecule has 0 aliphatic carbocycles. The van der Waals surface area contributed by atoms with Crippen LogP contribution in [0.5, 0.6) is 0 Å². The minimum atomic E-state index is -0.540. The van der Waals surface area contributed by atoms with Crippen LogP contribution in [0, 0.1) is 11.2 Å². The predicted octanol–water partition coefficient (Wildman–Crippen LogP) is 1.98. The normalized spacial score (nSPS) is 17.3. The number of aromatic nitrogens is 1. The van der Waals surface area contributed by atoms with Gasteiger partial charge in [-0.25, -0.2) is 9.37 Å². The number of benzene rings is 1. The first kappa shape index (κ1) is 16.1. The standard InChI is InChI=1S/C16H18FNO5/c17-13-3-1-12(2-4-13)15-18-14(6-23-15)5-20-8-16(7-19)9-21-11-22-10-16/h1-4,6,19H,5,7-11H2. The summed E-state index contributed by atoms with van der Waals surface area (Å²) in [5.41, 5.74) is 0.774. The van der Waals surface area contributed by atoms with E-state index in [9.17, 15) is 9.50 Å². The van der Waals surface area contributed by atoms with Crippen molar-refractivity contribution < 1.29 is 28.1 Å². The predicted molar refractivity (Wildman–Crippen MR) is 77.8 cm³/mol. The lowest BCUT2D eigenvalue weighted by Gasteiger charge is -2.34. The van der Waals surface area contributed by atoms with Crippen LogP contribution < -0.4 is 0 Å². The van der Waals surface area contributed by atoms with Gasteiger partial charge in [-0.3, -0.25) is 0 Å². The second-order valence-electron chi connectivity index (χ2n) is 5.62. The van der Waals surface area contributed by atoms with E-state index in [2.05, 4.69) is 4.98 Å². The molecule has 0 bridgehead atoms. The lowest BCUT2D eigenvalue weighted by Crippen LogP contribution is -2.44. The Bertz CT molecular complexity index is 622. The SMILES string of the molecule is OCC1(COCc2coc(-c3ccc(F)cc3)n2)COCOC1. The maximum Gasteiger partial charge on any atom is 0.226 e. The van der Waals surface area contributed by atoms with Gasteiger partial charge in [0.2, 0.25) is 5.89 Å². The van der Waals surface area contributed by atoms with Crippen molar-refractivity contribution in [1.29, 1.82) is 0 Å². The first-order valence-electron chi connectivity index (χ1n) is 7.25. The maximum absolute atomic E-state index is 12.9. The summed E-state index contributed by atoms with van der Waals surface area (Å²) in [5.74, 6) is 0.0971. The zero-order valence-corrected chi connectivity index (χ0v) is 12.5. The van der Waals surface area contributed by atoms with Gasteiger partial charge in [0.1, 0.15) is 24.6 Å². The molecule has 6 nitrogen and oxygen atoms in total. The van der Waals surface area contributed by atoms with E-state index in [-0.39, 0.29) is 25.8 Å². The van der Waals surface area contributed by atoms with Crippen LogP contribution in [-0.4, -0.2) is 43.3 Å². The molecule has 1 saturated heterocycles. The minimum absolute atomic E-state index is 0.0767. The fourth-order valence-corrected chi connectivity index (χ4v) is 2.31. The molecule has 124 valence electrons. The summed E-state index contributed by atoms with van der Waals surface area (Å²) < 4.78 is 34.3. The summed E-state index contributed by atoms with van der Waals surface area (Å²) in [6.07, 6.45) is 1.50. The van der Waals surface area contributed by atoms with Crippen LogP contribution in [-0.2, 0) is 20.8 Å². The molecule has 0 radical (unpaired) electrons. The lowest BCUT2D eigenvalue weighted by molar-refractivity contribution is -0.193. The molecule has 0 atom stereocenters. The number of aliphatic hydroxyl groups excluding tert-OH is 1. The molecule has 0 spiro atoms. The molecule has 1 aliphatic heterocycles. The third-order valence-corrected chi connectivity index (χ3v) is 3.62. The molecular weight excluding hydrogens is 305 g/mol. The summed E-state index contributed by atoms with van der Waals surface area (Å²) in [5, 5.41) is 9.51. The second kappa shape index (κ2) is 7.18. The Kier molecular flexibility index (Phi) is 5.02. The summed E-state index contributed by atoms with van der Waals surface area (Å²) in [7, 11) is 0. The molecule has 1 N–H and O–H groups in total.